The monoisotopic (exact) mass is 391 g/mol. The summed E-state index contributed by atoms with van der Waals surface area (Å²) in [6.07, 6.45) is 0.641. The molecule has 0 aliphatic carbocycles. The van der Waals surface area contributed by atoms with Gasteiger partial charge in [-0.2, -0.15) is 16.8 Å². The van der Waals surface area contributed by atoms with Crippen LogP contribution in [-0.2, 0) is 20.2 Å². The lowest BCUT2D eigenvalue weighted by Gasteiger charge is -2.36. The van der Waals surface area contributed by atoms with E-state index in [-0.39, 0.29) is 24.6 Å². The van der Waals surface area contributed by atoms with Gasteiger partial charge in [0.25, 0.3) is 20.2 Å². The minimum Gasteiger partial charge on any atom is -0.387 e. The van der Waals surface area contributed by atoms with Crippen LogP contribution >= 0.6 is 0 Å². The summed E-state index contributed by atoms with van der Waals surface area (Å²) in [6.45, 7) is 3.73. The number of aliphatic hydroxyl groups is 1. The van der Waals surface area contributed by atoms with Gasteiger partial charge in [-0.05, 0) is 13.5 Å². The molecule has 0 aliphatic rings. The van der Waals surface area contributed by atoms with Crippen molar-refractivity contribution in [2.75, 3.05) is 58.3 Å². The fourth-order valence-electron chi connectivity index (χ4n) is 2.37. The number of likely N-dealkylation sites (N-methyl/N-ethyl adjacent to an activating group) is 1. The molecule has 0 aromatic heterocycles. The minimum atomic E-state index is -4.07. The molecular formula is C13H31N2O7S2+. The van der Waals surface area contributed by atoms with Crippen LogP contribution in [0.15, 0.2) is 0 Å². The third-order valence-corrected chi connectivity index (χ3v) is 5.38. The average molecular weight is 392 g/mol. The van der Waals surface area contributed by atoms with Crippen molar-refractivity contribution in [3.63, 3.8) is 0 Å². The van der Waals surface area contributed by atoms with Crippen LogP contribution in [0.4, 0.5) is 0 Å². The van der Waals surface area contributed by atoms with E-state index in [1.165, 1.54) is 0 Å². The second-order valence-electron chi connectivity index (χ2n) is 6.54. The molecule has 0 radical (unpaired) electrons. The molecule has 0 saturated carbocycles. The highest BCUT2D eigenvalue weighted by atomic mass is 32.2. The molecule has 24 heavy (non-hydrogen) atoms. The van der Waals surface area contributed by atoms with Gasteiger partial charge in [0.2, 0.25) is 0 Å². The molecule has 0 aliphatic heterocycles. The van der Waals surface area contributed by atoms with Crippen LogP contribution in [0, 0.1) is 0 Å². The van der Waals surface area contributed by atoms with Crippen molar-refractivity contribution in [3.05, 3.63) is 0 Å². The standard InChI is InChI=1S/C13H30N2O7S2/c1-4-13(16)12-15(3,9-11-24(20,21)22)8-5-6-14(2)7-10-23(17,18)19/h13,16H,4-12H2,1-3H3,(H-,17,18,19,20,21,22)/p+1. The Morgan fingerprint density at radius 2 is 1.54 bits per heavy atom. The van der Waals surface area contributed by atoms with Gasteiger partial charge in [-0.15, -0.1) is 0 Å². The highest BCUT2D eigenvalue weighted by Crippen LogP contribution is 2.09. The second-order valence-corrected chi connectivity index (χ2v) is 9.68. The number of quaternary nitrogens is 1. The van der Waals surface area contributed by atoms with Crippen LogP contribution in [0.3, 0.4) is 0 Å². The fourth-order valence-corrected chi connectivity index (χ4v) is 3.59. The first kappa shape index (κ1) is 23.7. The smallest absolute Gasteiger partial charge is 0.270 e. The first-order valence-corrected chi connectivity index (χ1v) is 11.1. The molecule has 0 spiro atoms. The topological polar surface area (TPSA) is 132 Å². The molecule has 2 unspecified atom stereocenters. The maximum absolute atomic E-state index is 11.0. The summed E-state index contributed by atoms with van der Waals surface area (Å²) < 4.78 is 61.4. The molecule has 9 nitrogen and oxygen atoms in total. The normalized spacial score (nSPS) is 17.0. The largest absolute Gasteiger partial charge is 0.387 e. The summed E-state index contributed by atoms with van der Waals surface area (Å²) in [7, 11) is -4.51. The van der Waals surface area contributed by atoms with Gasteiger partial charge in [-0.1, -0.05) is 6.92 Å². The molecule has 0 bridgehead atoms. The summed E-state index contributed by atoms with van der Waals surface area (Å²) in [5, 5.41) is 9.87. The molecule has 11 heteroatoms. The quantitative estimate of drug-likeness (QED) is 0.277. The second kappa shape index (κ2) is 10.00. The summed E-state index contributed by atoms with van der Waals surface area (Å²) in [4.78, 5) is 1.76. The van der Waals surface area contributed by atoms with Crippen molar-refractivity contribution in [2.24, 2.45) is 0 Å². The van der Waals surface area contributed by atoms with E-state index in [1.54, 1.807) is 11.9 Å². The predicted molar refractivity (Wildman–Crippen MR) is 92.0 cm³/mol. The highest BCUT2D eigenvalue weighted by Gasteiger charge is 2.26. The lowest BCUT2D eigenvalue weighted by Crippen LogP contribution is -2.52. The van der Waals surface area contributed by atoms with E-state index in [0.29, 0.717) is 37.0 Å². The van der Waals surface area contributed by atoms with Crippen LogP contribution in [0.5, 0.6) is 0 Å². The third-order valence-electron chi connectivity index (χ3n) is 3.98. The zero-order valence-electron chi connectivity index (χ0n) is 14.6. The van der Waals surface area contributed by atoms with E-state index >= 15 is 0 Å². The summed E-state index contributed by atoms with van der Waals surface area (Å²) in [6, 6.07) is 0. The maximum Gasteiger partial charge on any atom is 0.270 e. The van der Waals surface area contributed by atoms with Gasteiger partial charge >= 0.3 is 0 Å². The lowest BCUT2D eigenvalue weighted by molar-refractivity contribution is -0.910. The van der Waals surface area contributed by atoms with Gasteiger partial charge in [0.1, 0.15) is 18.4 Å². The average Bonchev–Trinajstić information content (AvgIpc) is 2.41. The van der Waals surface area contributed by atoms with E-state index < -0.39 is 26.3 Å². The Bertz CT molecular complexity index is 565. The van der Waals surface area contributed by atoms with Gasteiger partial charge in [0, 0.05) is 19.5 Å². The molecule has 0 aromatic rings. The number of hydrogen-bond donors (Lipinski definition) is 3. The van der Waals surface area contributed by atoms with Gasteiger partial charge < -0.3 is 14.5 Å². The molecule has 0 rings (SSSR count). The van der Waals surface area contributed by atoms with Gasteiger partial charge in [-0.25, -0.2) is 0 Å². The zero-order valence-corrected chi connectivity index (χ0v) is 16.3. The molecule has 2 atom stereocenters. The Morgan fingerprint density at radius 1 is 1.00 bits per heavy atom. The Balaban J connectivity index is 4.54. The predicted octanol–water partition coefficient (Wildman–Crippen LogP) is -0.699. The SMILES string of the molecule is CCC(O)C[N+](C)(CCCN(C)CCS(=O)(=O)O)CCS(=O)(=O)O. The number of rotatable bonds is 13. The van der Waals surface area contributed by atoms with E-state index in [2.05, 4.69) is 0 Å². The van der Waals surface area contributed by atoms with Crippen LogP contribution in [0.1, 0.15) is 19.8 Å². The van der Waals surface area contributed by atoms with Gasteiger partial charge in [0.15, 0.2) is 0 Å². The molecule has 0 saturated heterocycles. The zero-order chi connectivity index (χ0) is 19.0. The first-order valence-electron chi connectivity index (χ1n) is 7.87. The Hall–Kier alpha value is -0.300. The van der Waals surface area contributed by atoms with Crippen molar-refractivity contribution in [3.8, 4) is 0 Å². The van der Waals surface area contributed by atoms with Crippen molar-refractivity contribution >= 4 is 20.2 Å². The van der Waals surface area contributed by atoms with E-state index in [9.17, 15) is 21.9 Å². The summed E-state index contributed by atoms with van der Waals surface area (Å²) >= 11 is 0. The fraction of sp³-hybridized carbons (Fsp3) is 1.00. The highest BCUT2D eigenvalue weighted by molar-refractivity contribution is 7.86. The van der Waals surface area contributed by atoms with Gasteiger partial charge in [0.05, 0.1) is 25.9 Å². The van der Waals surface area contributed by atoms with Crippen molar-refractivity contribution in [1.29, 1.82) is 0 Å². The summed E-state index contributed by atoms with van der Waals surface area (Å²) in [5.41, 5.74) is 0. The van der Waals surface area contributed by atoms with Crippen molar-refractivity contribution < 1.29 is 35.5 Å². The Morgan fingerprint density at radius 3 is 2.00 bits per heavy atom. The van der Waals surface area contributed by atoms with Crippen molar-refractivity contribution in [2.45, 2.75) is 25.9 Å². The Kier molecular flexibility index (Phi) is 9.87. The number of aliphatic hydroxyl groups excluding tert-OH is 1. The van der Waals surface area contributed by atoms with Crippen LogP contribution < -0.4 is 0 Å². The molecule has 0 fully saturated rings. The minimum absolute atomic E-state index is 0.185. The van der Waals surface area contributed by atoms with Crippen LogP contribution in [-0.4, -0.2) is 105 Å². The molecule has 3 N–H and O–H groups in total. The molecule has 0 aromatic carbocycles. The van der Waals surface area contributed by atoms with Crippen molar-refractivity contribution in [1.82, 2.24) is 4.90 Å². The molecule has 146 valence electrons. The molecule has 0 heterocycles. The first-order chi connectivity index (χ1) is 10.8. The van der Waals surface area contributed by atoms with E-state index in [4.69, 9.17) is 9.11 Å². The summed E-state index contributed by atoms with van der Waals surface area (Å²) in [5.74, 6) is -0.717. The number of hydrogen-bond acceptors (Lipinski definition) is 6. The van der Waals surface area contributed by atoms with Crippen LogP contribution in [0.2, 0.25) is 0 Å². The third kappa shape index (κ3) is 13.0. The van der Waals surface area contributed by atoms with E-state index in [1.807, 2.05) is 14.0 Å². The molecule has 0 amide bonds. The Labute approximate surface area is 145 Å². The maximum atomic E-state index is 11.0. The lowest BCUT2D eigenvalue weighted by atomic mass is 10.2. The van der Waals surface area contributed by atoms with Crippen LogP contribution in [0.25, 0.3) is 0 Å². The molecular weight excluding hydrogens is 360 g/mol. The van der Waals surface area contributed by atoms with E-state index in [0.717, 1.165) is 0 Å². The van der Waals surface area contributed by atoms with Gasteiger partial charge in [-0.3, -0.25) is 9.11 Å². The number of nitrogens with zero attached hydrogens (tertiary/aromatic N) is 2.